The molecule has 0 saturated heterocycles. The molecule has 0 aliphatic rings. The summed E-state index contributed by atoms with van der Waals surface area (Å²) in [4.78, 5) is 15.6. The summed E-state index contributed by atoms with van der Waals surface area (Å²) in [5.74, 6) is 0.760. The molecule has 5 nitrogen and oxygen atoms in total. The maximum Gasteiger partial charge on any atom is 0.190 e. The van der Waals surface area contributed by atoms with Gasteiger partial charge in [0.2, 0.25) is 0 Å². The summed E-state index contributed by atoms with van der Waals surface area (Å²) < 4.78 is 7.04. The van der Waals surface area contributed by atoms with E-state index in [1.165, 1.54) is 0 Å². The minimum absolute atomic E-state index is 0.0132. The number of hydrogen-bond acceptors (Lipinski definition) is 3. The average molecular weight is 269 g/mol. The fourth-order valence-corrected chi connectivity index (χ4v) is 2.44. The lowest BCUT2D eigenvalue weighted by Crippen LogP contribution is -2.06. The third-order valence-electron chi connectivity index (χ3n) is 3.53. The van der Waals surface area contributed by atoms with Crippen LogP contribution in [0.2, 0.25) is 0 Å². The zero-order valence-electron chi connectivity index (χ0n) is 11.6. The Labute approximate surface area is 115 Å². The summed E-state index contributed by atoms with van der Waals surface area (Å²) in [6.07, 6.45) is 1.70. The van der Waals surface area contributed by atoms with E-state index in [-0.39, 0.29) is 5.43 Å². The van der Waals surface area contributed by atoms with Gasteiger partial charge in [0.25, 0.3) is 0 Å². The van der Waals surface area contributed by atoms with Gasteiger partial charge in [-0.25, -0.2) is 0 Å². The first-order valence-electron chi connectivity index (χ1n) is 6.31. The lowest BCUT2D eigenvalue weighted by molar-refractivity contribution is 0.412. The van der Waals surface area contributed by atoms with Crippen LogP contribution >= 0.6 is 0 Å². The van der Waals surface area contributed by atoms with Crippen molar-refractivity contribution in [1.29, 1.82) is 0 Å². The van der Waals surface area contributed by atoms with Gasteiger partial charge < -0.3 is 9.72 Å². The first kappa shape index (κ1) is 12.5. The molecule has 2 heterocycles. The number of fused-ring (bicyclic) bond motifs is 1. The van der Waals surface area contributed by atoms with Gasteiger partial charge in [-0.05, 0) is 25.1 Å². The van der Waals surface area contributed by atoms with Gasteiger partial charge in [-0.2, -0.15) is 5.10 Å². The maximum atomic E-state index is 12.3. The quantitative estimate of drug-likeness (QED) is 0.776. The average Bonchev–Trinajstić information content (AvgIpc) is 2.86. The number of H-pyrrole nitrogens is 1. The number of aromatic amines is 1. The number of aromatic nitrogens is 3. The summed E-state index contributed by atoms with van der Waals surface area (Å²) in [6.45, 7) is 1.93. The molecule has 2 aromatic heterocycles. The van der Waals surface area contributed by atoms with Crippen molar-refractivity contribution in [2.24, 2.45) is 7.05 Å². The molecule has 3 rings (SSSR count). The molecular formula is C15H15N3O2. The molecule has 0 bridgehead atoms. The van der Waals surface area contributed by atoms with Gasteiger partial charge in [-0.3, -0.25) is 9.48 Å². The van der Waals surface area contributed by atoms with Crippen LogP contribution in [0, 0.1) is 6.92 Å². The number of pyridine rings is 1. The number of hydrogen-bond donors (Lipinski definition) is 1. The van der Waals surface area contributed by atoms with Crippen LogP contribution in [0.5, 0.6) is 5.75 Å². The van der Waals surface area contributed by atoms with Crippen molar-refractivity contribution in [3.63, 3.8) is 0 Å². The van der Waals surface area contributed by atoms with Gasteiger partial charge in [-0.1, -0.05) is 0 Å². The molecule has 5 heteroatoms. The van der Waals surface area contributed by atoms with E-state index in [0.717, 1.165) is 28.2 Å². The molecule has 0 amide bonds. The van der Waals surface area contributed by atoms with Crippen LogP contribution < -0.4 is 10.2 Å². The molecule has 20 heavy (non-hydrogen) atoms. The molecular weight excluding hydrogens is 254 g/mol. The topological polar surface area (TPSA) is 59.9 Å². The van der Waals surface area contributed by atoms with E-state index >= 15 is 0 Å². The maximum absolute atomic E-state index is 12.3. The van der Waals surface area contributed by atoms with E-state index in [1.807, 2.05) is 26.1 Å². The number of nitrogens with one attached hydrogen (secondary N) is 1. The highest BCUT2D eigenvalue weighted by atomic mass is 16.5. The van der Waals surface area contributed by atoms with Crippen LogP contribution in [0.3, 0.4) is 0 Å². The minimum Gasteiger partial charge on any atom is -0.496 e. The molecule has 0 fully saturated rings. The summed E-state index contributed by atoms with van der Waals surface area (Å²) >= 11 is 0. The second kappa shape index (κ2) is 4.52. The summed E-state index contributed by atoms with van der Waals surface area (Å²) in [6, 6.07) is 7.07. The number of nitrogens with zero attached hydrogens (tertiary/aromatic N) is 2. The minimum atomic E-state index is -0.0132. The predicted molar refractivity (Wildman–Crippen MR) is 78.1 cm³/mol. The van der Waals surface area contributed by atoms with Crippen molar-refractivity contribution in [2.75, 3.05) is 7.11 Å². The standard InChI is InChI=1S/C15H15N3O2/c1-9-14(20-3)5-4-10-13(19)8-11(17-15(9)10)12-6-7-16-18(12)2/h4-8H,1-3H3,(H,17,19). The molecule has 0 saturated carbocycles. The molecule has 3 aromatic rings. The monoisotopic (exact) mass is 269 g/mol. The smallest absolute Gasteiger partial charge is 0.190 e. The van der Waals surface area contributed by atoms with Crippen LogP contribution in [-0.4, -0.2) is 21.9 Å². The van der Waals surface area contributed by atoms with E-state index in [1.54, 1.807) is 30.1 Å². The van der Waals surface area contributed by atoms with E-state index in [2.05, 4.69) is 10.1 Å². The van der Waals surface area contributed by atoms with Crippen molar-refractivity contribution in [3.05, 3.63) is 46.2 Å². The SMILES string of the molecule is COc1ccc2c(=O)cc(-c3ccnn3C)[nH]c2c1C. The van der Waals surface area contributed by atoms with Gasteiger partial charge in [0, 0.05) is 30.3 Å². The molecule has 102 valence electrons. The Kier molecular flexibility index (Phi) is 2.82. The van der Waals surface area contributed by atoms with Gasteiger partial charge in [0.1, 0.15) is 5.75 Å². The number of rotatable bonds is 2. The Morgan fingerprint density at radius 2 is 2.10 bits per heavy atom. The van der Waals surface area contributed by atoms with Crippen molar-refractivity contribution in [3.8, 4) is 17.1 Å². The van der Waals surface area contributed by atoms with E-state index < -0.39 is 0 Å². The Bertz CT molecular complexity index is 846. The fraction of sp³-hybridized carbons (Fsp3) is 0.200. The molecule has 0 unspecified atom stereocenters. The summed E-state index contributed by atoms with van der Waals surface area (Å²) in [5.41, 5.74) is 3.32. The summed E-state index contributed by atoms with van der Waals surface area (Å²) in [7, 11) is 3.47. The highest BCUT2D eigenvalue weighted by Gasteiger charge is 2.11. The van der Waals surface area contributed by atoms with Gasteiger partial charge in [0.15, 0.2) is 5.43 Å². The van der Waals surface area contributed by atoms with Gasteiger partial charge in [0.05, 0.1) is 24.0 Å². The third-order valence-corrected chi connectivity index (χ3v) is 3.53. The lowest BCUT2D eigenvalue weighted by atomic mass is 10.1. The second-order valence-corrected chi connectivity index (χ2v) is 4.70. The molecule has 1 N–H and O–H groups in total. The normalized spacial score (nSPS) is 10.9. The fourth-order valence-electron chi connectivity index (χ4n) is 2.44. The van der Waals surface area contributed by atoms with Gasteiger partial charge >= 0.3 is 0 Å². The van der Waals surface area contributed by atoms with Crippen LogP contribution in [0.15, 0.2) is 35.3 Å². The number of ether oxygens (including phenoxy) is 1. The van der Waals surface area contributed by atoms with E-state index in [9.17, 15) is 4.79 Å². The Morgan fingerprint density at radius 1 is 1.30 bits per heavy atom. The highest BCUT2D eigenvalue weighted by Crippen LogP contribution is 2.26. The van der Waals surface area contributed by atoms with Gasteiger partial charge in [-0.15, -0.1) is 0 Å². The van der Waals surface area contributed by atoms with Crippen LogP contribution in [0.25, 0.3) is 22.3 Å². The van der Waals surface area contributed by atoms with E-state index in [4.69, 9.17) is 4.74 Å². The van der Waals surface area contributed by atoms with Crippen molar-refractivity contribution < 1.29 is 4.74 Å². The van der Waals surface area contributed by atoms with Crippen molar-refractivity contribution in [1.82, 2.24) is 14.8 Å². The second-order valence-electron chi connectivity index (χ2n) is 4.70. The van der Waals surface area contributed by atoms with Crippen LogP contribution in [0.4, 0.5) is 0 Å². The number of benzene rings is 1. The molecule has 0 radical (unpaired) electrons. The lowest BCUT2D eigenvalue weighted by Gasteiger charge is -2.10. The van der Waals surface area contributed by atoms with Crippen molar-refractivity contribution >= 4 is 10.9 Å². The van der Waals surface area contributed by atoms with Crippen LogP contribution in [0.1, 0.15) is 5.56 Å². The Morgan fingerprint density at radius 3 is 2.75 bits per heavy atom. The Hall–Kier alpha value is -2.56. The summed E-state index contributed by atoms with van der Waals surface area (Å²) in [5, 5.41) is 4.79. The zero-order chi connectivity index (χ0) is 14.3. The number of aryl methyl sites for hydroxylation is 2. The molecule has 0 aliphatic carbocycles. The highest BCUT2D eigenvalue weighted by molar-refractivity contribution is 5.85. The molecule has 0 aliphatic heterocycles. The first-order chi connectivity index (χ1) is 9.61. The number of methoxy groups -OCH3 is 1. The largest absolute Gasteiger partial charge is 0.496 e. The Balaban J connectivity index is 2.35. The van der Waals surface area contributed by atoms with E-state index in [0.29, 0.717) is 5.39 Å². The molecule has 0 spiro atoms. The first-order valence-corrected chi connectivity index (χ1v) is 6.31. The predicted octanol–water partition coefficient (Wildman–Crippen LogP) is 2.25. The zero-order valence-corrected chi connectivity index (χ0v) is 11.6. The third kappa shape index (κ3) is 1.79. The molecule has 0 atom stereocenters. The molecule has 1 aromatic carbocycles. The van der Waals surface area contributed by atoms with Crippen LogP contribution in [-0.2, 0) is 7.05 Å². The van der Waals surface area contributed by atoms with Crippen molar-refractivity contribution in [2.45, 2.75) is 6.92 Å².